The van der Waals surface area contributed by atoms with E-state index in [1.165, 1.54) is 0 Å². The highest BCUT2D eigenvalue weighted by atomic mass is 16.5. The number of aliphatic hydroxyl groups excluding tert-OH is 1. The van der Waals surface area contributed by atoms with Crippen molar-refractivity contribution in [2.45, 2.75) is 12.2 Å². The highest BCUT2D eigenvalue weighted by Crippen LogP contribution is 2.32. The van der Waals surface area contributed by atoms with E-state index in [1.54, 1.807) is 6.08 Å². The Hall–Kier alpha value is -1.12. The zero-order valence-electron chi connectivity index (χ0n) is 7.97. The molecule has 14 heavy (non-hydrogen) atoms. The summed E-state index contributed by atoms with van der Waals surface area (Å²) in [4.78, 5) is 0. The summed E-state index contributed by atoms with van der Waals surface area (Å²) < 4.78 is 5.53. The van der Waals surface area contributed by atoms with Gasteiger partial charge < -0.3 is 9.84 Å². The van der Waals surface area contributed by atoms with E-state index in [2.05, 4.69) is 6.58 Å². The summed E-state index contributed by atoms with van der Waals surface area (Å²) in [6.45, 7) is 4.24. The first-order valence-electron chi connectivity index (χ1n) is 4.80. The number of benzene rings is 1. The molecule has 1 fully saturated rings. The third kappa shape index (κ3) is 1.59. The minimum atomic E-state index is -0.463. The normalized spacial score (nSPS) is 31.6. The summed E-state index contributed by atoms with van der Waals surface area (Å²) in [5.41, 5.74) is 1.03. The zero-order valence-corrected chi connectivity index (χ0v) is 7.97. The summed E-state index contributed by atoms with van der Waals surface area (Å²) in [5, 5.41) is 9.91. The largest absolute Gasteiger partial charge is 0.389 e. The molecule has 1 aromatic rings. The maximum Gasteiger partial charge on any atom is 0.109 e. The predicted octanol–water partition coefficient (Wildman–Crippen LogP) is 1.92. The van der Waals surface area contributed by atoms with Crippen molar-refractivity contribution in [2.24, 2.45) is 5.92 Å². The first-order valence-corrected chi connectivity index (χ1v) is 4.80. The Morgan fingerprint density at radius 3 is 2.64 bits per heavy atom. The molecule has 1 aromatic carbocycles. The Balaban J connectivity index is 2.18. The quantitative estimate of drug-likeness (QED) is 0.722. The van der Waals surface area contributed by atoms with Crippen LogP contribution in [0.1, 0.15) is 11.7 Å². The van der Waals surface area contributed by atoms with Crippen molar-refractivity contribution in [3.05, 3.63) is 48.6 Å². The topological polar surface area (TPSA) is 29.5 Å². The lowest BCUT2D eigenvalue weighted by molar-refractivity contribution is 0.0398. The molecule has 0 bridgehead atoms. The van der Waals surface area contributed by atoms with Crippen LogP contribution in [0.25, 0.3) is 0 Å². The lowest BCUT2D eigenvalue weighted by Gasteiger charge is -2.15. The van der Waals surface area contributed by atoms with Crippen LogP contribution in [0.4, 0.5) is 0 Å². The van der Waals surface area contributed by atoms with Crippen LogP contribution in [-0.4, -0.2) is 17.8 Å². The van der Waals surface area contributed by atoms with E-state index in [0.29, 0.717) is 6.61 Å². The molecule has 1 heterocycles. The molecule has 3 atom stereocenters. The summed E-state index contributed by atoms with van der Waals surface area (Å²) in [5.74, 6) is 0.0557. The Morgan fingerprint density at radius 1 is 1.36 bits per heavy atom. The molecule has 0 aromatic heterocycles. The Bertz CT molecular complexity index is 307. The lowest BCUT2D eigenvalue weighted by Crippen LogP contribution is -2.18. The molecule has 0 amide bonds. The van der Waals surface area contributed by atoms with Gasteiger partial charge in [0.25, 0.3) is 0 Å². The van der Waals surface area contributed by atoms with Gasteiger partial charge in [-0.1, -0.05) is 36.4 Å². The van der Waals surface area contributed by atoms with Gasteiger partial charge >= 0.3 is 0 Å². The van der Waals surface area contributed by atoms with Gasteiger partial charge in [-0.05, 0) is 5.56 Å². The zero-order chi connectivity index (χ0) is 9.97. The number of ether oxygens (including phenoxy) is 1. The Kier molecular flexibility index (Phi) is 2.66. The maximum atomic E-state index is 9.91. The fourth-order valence-electron chi connectivity index (χ4n) is 1.78. The Morgan fingerprint density at radius 2 is 2.07 bits per heavy atom. The summed E-state index contributed by atoms with van der Waals surface area (Å²) in [7, 11) is 0. The van der Waals surface area contributed by atoms with Crippen LogP contribution >= 0.6 is 0 Å². The first kappa shape index (κ1) is 9.44. The summed E-state index contributed by atoms with van der Waals surface area (Å²) >= 11 is 0. The smallest absolute Gasteiger partial charge is 0.109 e. The van der Waals surface area contributed by atoms with E-state index < -0.39 is 6.10 Å². The van der Waals surface area contributed by atoms with Gasteiger partial charge in [-0.25, -0.2) is 0 Å². The Labute approximate surface area is 83.8 Å². The van der Waals surface area contributed by atoms with Crippen LogP contribution < -0.4 is 0 Å². The molecule has 1 aliphatic heterocycles. The van der Waals surface area contributed by atoms with E-state index in [1.807, 2.05) is 30.3 Å². The average Bonchev–Trinajstić information content (AvgIpc) is 2.61. The third-order valence-electron chi connectivity index (χ3n) is 2.65. The fraction of sp³-hybridized carbons (Fsp3) is 0.333. The van der Waals surface area contributed by atoms with Crippen LogP contribution in [0.2, 0.25) is 0 Å². The van der Waals surface area contributed by atoms with Crippen molar-refractivity contribution in [1.29, 1.82) is 0 Å². The standard InChI is InChI=1S/C12H14O2/c1-2-9-8-14-12(11(9)13)10-6-4-3-5-7-10/h2-7,9,11-13H,1,8H2. The van der Waals surface area contributed by atoms with Gasteiger partial charge in [0.2, 0.25) is 0 Å². The highest BCUT2D eigenvalue weighted by molar-refractivity contribution is 5.20. The van der Waals surface area contributed by atoms with E-state index >= 15 is 0 Å². The summed E-state index contributed by atoms with van der Waals surface area (Å²) in [6.07, 6.45) is 1.10. The van der Waals surface area contributed by atoms with E-state index in [0.717, 1.165) is 5.56 Å². The molecule has 2 heteroatoms. The fourth-order valence-corrected chi connectivity index (χ4v) is 1.78. The molecule has 1 saturated heterocycles. The van der Waals surface area contributed by atoms with Crippen molar-refractivity contribution >= 4 is 0 Å². The lowest BCUT2D eigenvalue weighted by atomic mass is 9.97. The van der Waals surface area contributed by atoms with Gasteiger partial charge in [0.1, 0.15) is 6.10 Å². The predicted molar refractivity (Wildman–Crippen MR) is 54.8 cm³/mol. The van der Waals surface area contributed by atoms with Crippen LogP contribution in [0.3, 0.4) is 0 Å². The first-order chi connectivity index (χ1) is 6.83. The monoisotopic (exact) mass is 190 g/mol. The van der Waals surface area contributed by atoms with E-state index in [4.69, 9.17) is 4.74 Å². The number of aliphatic hydroxyl groups is 1. The van der Waals surface area contributed by atoms with Crippen molar-refractivity contribution in [2.75, 3.05) is 6.61 Å². The molecular formula is C12H14O2. The number of hydrogen-bond donors (Lipinski definition) is 1. The molecule has 1 N–H and O–H groups in total. The van der Waals surface area contributed by atoms with Crippen molar-refractivity contribution in [1.82, 2.24) is 0 Å². The molecular weight excluding hydrogens is 176 g/mol. The molecule has 0 saturated carbocycles. The molecule has 74 valence electrons. The van der Waals surface area contributed by atoms with Crippen LogP contribution in [0.5, 0.6) is 0 Å². The van der Waals surface area contributed by atoms with Gasteiger partial charge in [-0.2, -0.15) is 0 Å². The maximum absolute atomic E-state index is 9.91. The third-order valence-corrected chi connectivity index (χ3v) is 2.65. The molecule has 2 rings (SSSR count). The van der Waals surface area contributed by atoms with Crippen molar-refractivity contribution < 1.29 is 9.84 Å². The average molecular weight is 190 g/mol. The van der Waals surface area contributed by atoms with Gasteiger partial charge in [0, 0.05) is 5.92 Å². The SMILES string of the molecule is C=CC1COC(c2ccccc2)C1O. The molecule has 2 nitrogen and oxygen atoms in total. The van der Waals surface area contributed by atoms with Crippen molar-refractivity contribution in [3.8, 4) is 0 Å². The van der Waals surface area contributed by atoms with Gasteiger partial charge in [-0.15, -0.1) is 6.58 Å². The second-order valence-corrected chi connectivity index (χ2v) is 3.55. The number of rotatable bonds is 2. The highest BCUT2D eigenvalue weighted by Gasteiger charge is 2.34. The van der Waals surface area contributed by atoms with E-state index in [9.17, 15) is 5.11 Å². The minimum Gasteiger partial charge on any atom is -0.389 e. The van der Waals surface area contributed by atoms with Crippen molar-refractivity contribution in [3.63, 3.8) is 0 Å². The van der Waals surface area contributed by atoms with Gasteiger partial charge in [0.05, 0.1) is 12.7 Å². The second-order valence-electron chi connectivity index (χ2n) is 3.55. The number of hydrogen-bond acceptors (Lipinski definition) is 2. The van der Waals surface area contributed by atoms with E-state index in [-0.39, 0.29) is 12.0 Å². The molecule has 0 radical (unpaired) electrons. The molecule has 0 spiro atoms. The second kappa shape index (κ2) is 3.95. The summed E-state index contributed by atoms with van der Waals surface area (Å²) in [6, 6.07) is 9.80. The molecule has 3 unspecified atom stereocenters. The molecule has 0 aliphatic carbocycles. The van der Waals surface area contributed by atoms with Gasteiger partial charge in [-0.3, -0.25) is 0 Å². The van der Waals surface area contributed by atoms with Crippen LogP contribution in [0.15, 0.2) is 43.0 Å². The van der Waals surface area contributed by atoms with Gasteiger partial charge in [0.15, 0.2) is 0 Å². The molecule has 1 aliphatic rings. The van der Waals surface area contributed by atoms with Crippen LogP contribution in [-0.2, 0) is 4.74 Å². The van der Waals surface area contributed by atoms with Crippen LogP contribution in [0, 0.1) is 5.92 Å². The minimum absolute atomic E-state index is 0.0557.